The first kappa shape index (κ1) is 32.6. The summed E-state index contributed by atoms with van der Waals surface area (Å²) < 4.78 is 10.6. The first-order chi connectivity index (χ1) is 22.3. The highest BCUT2D eigenvalue weighted by Crippen LogP contribution is 2.31. The van der Waals surface area contributed by atoms with Crippen LogP contribution < -0.4 is 9.47 Å². The van der Waals surface area contributed by atoms with Crippen LogP contribution in [0, 0.1) is 0 Å². The Labute approximate surface area is 272 Å². The number of carbonyl (C=O) groups excluding carboxylic acids is 2. The summed E-state index contributed by atoms with van der Waals surface area (Å²) in [4.78, 5) is 31.4. The van der Waals surface area contributed by atoms with E-state index in [2.05, 4.69) is 0 Å². The maximum Gasteiger partial charge on any atom is 0.339 e. The number of aliphatic hydroxyl groups excluding tert-OH is 1. The predicted molar refractivity (Wildman–Crippen MR) is 175 cm³/mol. The molecule has 4 aromatic rings. The molecule has 1 aliphatic heterocycles. The lowest BCUT2D eigenvalue weighted by Gasteiger charge is -2.36. The van der Waals surface area contributed by atoms with Gasteiger partial charge in [0.25, 0.3) is 0 Å². The largest absolute Gasteiger partial charge is 0.504 e. The van der Waals surface area contributed by atoms with Crippen LogP contribution in [-0.2, 0) is 30.7 Å². The summed E-state index contributed by atoms with van der Waals surface area (Å²) in [5.74, 6) is 0.146. The number of methoxy groups -OCH3 is 2. The smallest absolute Gasteiger partial charge is 0.339 e. The zero-order valence-electron chi connectivity index (χ0n) is 25.9. The van der Waals surface area contributed by atoms with E-state index in [1.807, 2.05) is 47.8 Å². The second-order valence-electron chi connectivity index (χ2n) is 11.2. The van der Waals surface area contributed by atoms with Crippen molar-refractivity contribution in [2.24, 2.45) is 0 Å². The second kappa shape index (κ2) is 15.0. The van der Waals surface area contributed by atoms with E-state index in [0.717, 1.165) is 12.0 Å². The third-order valence-electron chi connectivity index (χ3n) is 8.11. The van der Waals surface area contributed by atoms with Crippen LogP contribution >= 0.6 is 11.3 Å². The molecule has 0 unspecified atom stereocenters. The van der Waals surface area contributed by atoms with E-state index in [0.29, 0.717) is 24.0 Å². The Morgan fingerprint density at radius 3 is 2.13 bits per heavy atom. The second-order valence-corrected chi connectivity index (χ2v) is 12.2. The minimum Gasteiger partial charge on any atom is -0.504 e. The quantitative estimate of drug-likeness (QED) is 0.190. The number of aryl methyl sites for hydroxylation is 1. The van der Waals surface area contributed by atoms with Crippen LogP contribution in [0.15, 0.2) is 84.2 Å². The van der Waals surface area contributed by atoms with Crippen LogP contribution in [0.25, 0.3) is 0 Å². The van der Waals surface area contributed by atoms with E-state index >= 15 is 0 Å². The first-order valence-electron chi connectivity index (χ1n) is 15.1. The van der Waals surface area contributed by atoms with Crippen molar-refractivity contribution in [2.75, 3.05) is 20.8 Å². The minimum absolute atomic E-state index is 0.00763. The van der Waals surface area contributed by atoms with E-state index < -0.39 is 18.2 Å². The number of phenols is 2. The van der Waals surface area contributed by atoms with Crippen molar-refractivity contribution < 1.29 is 34.4 Å². The van der Waals surface area contributed by atoms with Gasteiger partial charge in [0.1, 0.15) is 0 Å². The third-order valence-corrected chi connectivity index (χ3v) is 9.04. The number of hydrogen-bond donors (Lipinski definition) is 3. The number of amides is 3. The fourth-order valence-corrected chi connectivity index (χ4v) is 6.43. The Balaban J connectivity index is 1.52. The summed E-state index contributed by atoms with van der Waals surface area (Å²) in [6, 6.07) is 22.1. The van der Waals surface area contributed by atoms with Crippen molar-refractivity contribution in [1.29, 1.82) is 0 Å². The van der Waals surface area contributed by atoms with Gasteiger partial charge in [0.15, 0.2) is 23.0 Å². The normalized spacial score (nSPS) is 16.8. The summed E-state index contributed by atoms with van der Waals surface area (Å²) in [5.41, 5.74) is 2.23. The molecule has 0 aliphatic carbocycles. The first-order valence-corrected chi connectivity index (χ1v) is 16.0. The number of rotatable bonds is 12. The van der Waals surface area contributed by atoms with Gasteiger partial charge in [-0.2, -0.15) is 0 Å². The van der Waals surface area contributed by atoms with Crippen molar-refractivity contribution in [3.63, 3.8) is 0 Å². The molecule has 3 amide bonds. The zero-order chi connectivity index (χ0) is 32.6. The molecular weight excluding hydrogens is 606 g/mol. The van der Waals surface area contributed by atoms with Gasteiger partial charge in [0.05, 0.1) is 39.5 Å². The lowest BCUT2D eigenvalue weighted by molar-refractivity contribution is -0.147. The van der Waals surface area contributed by atoms with Crippen LogP contribution in [0.2, 0.25) is 0 Å². The van der Waals surface area contributed by atoms with Crippen LogP contribution in [0.5, 0.6) is 23.0 Å². The number of aromatic hydroxyl groups is 2. The molecule has 3 aromatic carbocycles. The lowest BCUT2D eigenvalue weighted by Crippen LogP contribution is -2.52. The number of urea groups is 1. The fourth-order valence-electron chi connectivity index (χ4n) is 5.68. The topological polar surface area (TPSA) is 123 Å². The van der Waals surface area contributed by atoms with Crippen LogP contribution in [0.1, 0.15) is 34.4 Å². The fraction of sp³-hybridized carbons (Fsp3) is 0.314. The molecule has 1 aromatic heterocycles. The zero-order valence-corrected chi connectivity index (χ0v) is 26.7. The molecule has 1 aliphatic rings. The summed E-state index contributed by atoms with van der Waals surface area (Å²) in [6.45, 7) is -0.0160. The molecule has 0 radical (unpaired) electrons. The number of aliphatic hydroxyl groups is 1. The Morgan fingerprint density at radius 1 is 0.870 bits per heavy atom. The number of carbonyl (C=O) groups is 2. The van der Waals surface area contributed by atoms with Crippen molar-refractivity contribution in [3.8, 4) is 23.0 Å². The summed E-state index contributed by atoms with van der Waals surface area (Å²) >= 11 is 1.63. The average Bonchev–Trinajstić information content (AvgIpc) is 3.56. The number of hydrazine groups is 1. The highest BCUT2D eigenvalue weighted by Gasteiger charge is 2.42. The van der Waals surface area contributed by atoms with Crippen molar-refractivity contribution >= 4 is 23.3 Å². The van der Waals surface area contributed by atoms with E-state index in [1.54, 1.807) is 40.5 Å². The maximum absolute atomic E-state index is 14.7. The number of benzene rings is 3. The predicted octanol–water partition coefficient (Wildman–Crippen LogP) is 5.35. The van der Waals surface area contributed by atoms with Crippen molar-refractivity contribution in [3.05, 3.63) is 106 Å². The maximum atomic E-state index is 14.7. The molecule has 2 heterocycles. The lowest BCUT2D eigenvalue weighted by atomic mass is 9.99. The SMILES string of the molecule is COc1cc(CN2C(=O)N(Cc3ccc(O)c(OC)c3)N(C(=O)CCCc3cccs3)C[C@@H](O)[C@H]2Cc2ccccc2)ccc1O. The van der Waals surface area contributed by atoms with E-state index in [9.17, 15) is 24.9 Å². The van der Waals surface area contributed by atoms with Crippen LogP contribution in [0.3, 0.4) is 0 Å². The van der Waals surface area contributed by atoms with Gasteiger partial charge in [0.2, 0.25) is 5.91 Å². The van der Waals surface area contributed by atoms with Gasteiger partial charge >= 0.3 is 6.03 Å². The van der Waals surface area contributed by atoms with Crippen LogP contribution in [0.4, 0.5) is 4.79 Å². The van der Waals surface area contributed by atoms with Gasteiger partial charge in [-0.3, -0.25) is 4.79 Å². The van der Waals surface area contributed by atoms with Gasteiger partial charge in [-0.05, 0) is 71.7 Å². The van der Waals surface area contributed by atoms with Crippen molar-refractivity contribution in [2.45, 2.75) is 50.9 Å². The summed E-state index contributed by atoms with van der Waals surface area (Å²) in [6.07, 6.45) is 0.777. The van der Waals surface area contributed by atoms with Crippen molar-refractivity contribution in [1.82, 2.24) is 14.9 Å². The summed E-state index contributed by atoms with van der Waals surface area (Å²) in [7, 11) is 2.89. The number of nitrogens with zero attached hydrogens (tertiary/aromatic N) is 3. The van der Waals surface area contributed by atoms with Gasteiger partial charge in [-0.1, -0.05) is 48.5 Å². The Bertz CT molecular complexity index is 1620. The van der Waals surface area contributed by atoms with E-state index in [-0.39, 0.29) is 55.0 Å². The van der Waals surface area contributed by atoms with E-state index in [1.165, 1.54) is 41.2 Å². The molecular formula is C35H39N3O7S. The molecule has 0 spiro atoms. The molecule has 11 heteroatoms. The summed E-state index contributed by atoms with van der Waals surface area (Å²) in [5, 5.41) is 36.9. The van der Waals surface area contributed by atoms with Gasteiger partial charge in [-0.25, -0.2) is 14.8 Å². The molecule has 10 nitrogen and oxygen atoms in total. The average molecular weight is 646 g/mol. The Morgan fingerprint density at radius 2 is 1.52 bits per heavy atom. The molecule has 46 heavy (non-hydrogen) atoms. The Hall–Kier alpha value is -4.74. The number of phenolic OH excluding ortho intramolecular Hbond substituents is 2. The van der Waals surface area contributed by atoms with Crippen LogP contribution in [-0.4, -0.2) is 75.1 Å². The van der Waals surface area contributed by atoms with Gasteiger partial charge in [-0.15, -0.1) is 11.3 Å². The molecule has 3 N–H and O–H groups in total. The van der Waals surface area contributed by atoms with Gasteiger partial charge in [0, 0.05) is 17.8 Å². The Kier molecular flexibility index (Phi) is 10.7. The third kappa shape index (κ3) is 7.72. The number of thiophene rings is 1. The highest BCUT2D eigenvalue weighted by atomic mass is 32.1. The monoisotopic (exact) mass is 645 g/mol. The molecule has 1 saturated heterocycles. The number of ether oxygens (including phenoxy) is 2. The molecule has 1 fully saturated rings. The molecule has 0 bridgehead atoms. The molecule has 0 saturated carbocycles. The van der Waals surface area contributed by atoms with Gasteiger partial charge < -0.3 is 29.7 Å². The minimum atomic E-state index is -1.08. The molecule has 5 rings (SSSR count). The number of β-amino-alcohol motifs (C(OH)–C–C–N with tert-alkyl or cyclic N) is 1. The standard InChI is InChI=1S/C35H39N3O7S/c1-44-32-19-25(13-15-29(32)39)21-36-28(18-24-8-4-3-5-9-24)31(41)23-37(34(42)12-6-10-27-11-7-17-46-27)38(35(36)43)22-26-14-16-30(40)33(20-26)45-2/h3-5,7-9,11,13-17,19-20,28,31,39-41H,6,10,12,18,21-23H2,1-2H3/t28-,31-/m1/s1. The molecule has 2 atom stereocenters. The highest BCUT2D eigenvalue weighted by molar-refractivity contribution is 7.09. The number of hydrogen-bond acceptors (Lipinski definition) is 8. The molecule has 242 valence electrons. The van der Waals surface area contributed by atoms with E-state index in [4.69, 9.17) is 9.47 Å².